The third-order valence-electron chi connectivity index (χ3n) is 1.38. The van der Waals surface area contributed by atoms with Gasteiger partial charge in [0.1, 0.15) is 0 Å². The molecule has 0 bridgehead atoms. The zero-order chi connectivity index (χ0) is 11.0. The van der Waals surface area contributed by atoms with Gasteiger partial charge in [-0.05, 0) is 6.42 Å². The predicted molar refractivity (Wildman–Crippen MR) is 58.7 cm³/mol. The van der Waals surface area contributed by atoms with Gasteiger partial charge in [-0.25, -0.2) is 4.79 Å². The summed E-state index contributed by atoms with van der Waals surface area (Å²) in [6, 6.07) is 0. The van der Waals surface area contributed by atoms with E-state index in [0.29, 0.717) is 6.42 Å². The Kier molecular flexibility index (Phi) is 11.4. The second-order valence-corrected chi connectivity index (χ2v) is 4.30. The van der Waals surface area contributed by atoms with Crippen LogP contribution < -0.4 is 0 Å². The summed E-state index contributed by atoms with van der Waals surface area (Å²) in [5.41, 5.74) is 0. The molecular formula is C8H16CaO5S. The Morgan fingerprint density at radius 2 is 2.07 bits per heavy atom. The van der Waals surface area contributed by atoms with E-state index in [-0.39, 0.29) is 46.3 Å². The average Bonchev–Trinajstić information content (AvgIpc) is 2.14. The molecule has 5 nitrogen and oxygen atoms in total. The van der Waals surface area contributed by atoms with Crippen LogP contribution in [0.15, 0.2) is 12.7 Å². The van der Waals surface area contributed by atoms with Crippen LogP contribution in [0.5, 0.6) is 0 Å². The van der Waals surface area contributed by atoms with Crippen molar-refractivity contribution >= 4 is 53.8 Å². The van der Waals surface area contributed by atoms with E-state index < -0.39 is 16.1 Å². The average molecular weight is 264 g/mol. The molecule has 0 heterocycles. The van der Waals surface area contributed by atoms with Gasteiger partial charge in [-0.15, -0.1) is 0 Å². The summed E-state index contributed by atoms with van der Waals surface area (Å²) in [4.78, 5) is 14.4. The largest absolute Gasteiger partial charge is 2.00 e. The van der Waals surface area contributed by atoms with E-state index in [1.54, 1.807) is 0 Å². The minimum atomic E-state index is -3.75. The molecule has 0 spiro atoms. The quantitative estimate of drug-likeness (QED) is 0.226. The normalized spacial score (nSPS) is 10.2. The molecule has 7 heteroatoms. The van der Waals surface area contributed by atoms with E-state index in [0.717, 1.165) is 18.9 Å². The van der Waals surface area contributed by atoms with Gasteiger partial charge in [0, 0.05) is 6.08 Å². The van der Waals surface area contributed by atoms with Gasteiger partial charge >= 0.3 is 53.8 Å². The van der Waals surface area contributed by atoms with Crippen molar-refractivity contribution in [3.8, 4) is 0 Å². The first-order chi connectivity index (χ1) is 6.52. The van der Waals surface area contributed by atoms with E-state index in [2.05, 4.69) is 15.8 Å². The molecule has 0 saturated carbocycles. The van der Waals surface area contributed by atoms with Crippen LogP contribution in [-0.2, 0) is 24.1 Å². The second-order valence-electron chi connectivity index (χ2n) is 2.64. The first kappa shape index (κ1) is 17.8. The minimum absolute atomic E-state index is 0. The van der Waals surface area contributed by atoms with Gasteiger partial charge in [-0.1, -0.05) is 30.7 Å². The van der Waals surface area contributed by atoms with E-state index >= 15 is 0 Å². The van der Waals surface area contributed by atoms with Crippen LogP contribution in [0, 0.1) is 0 Å². The van der Waals surface area contributed by atoms with Crippen molar-refractivity contribution in [3.05, 3.63) is 12.7 Å². The number of unbranched alkanes of at least 4 members (excludes halogenated alkanes) is 2. The van der Waals surface area contributed by atoms with Gasteiger partial charge in [-0.3, -0.25) is 4.89 Å². The van der Waals surface area contributed by atoms with Crippen molar-refractivity contribution in [3.63, 3.8) is 0 Å². The molecule has 0 atom stereocenters. The van der Waals surface area contributed by atoms with Crippen molar-refractivity contribution in [2.24, 2.45) is 0 Å². The summed E-state index contributed by atoms with van der Waals surface area (Å²) in [7, 11) is -3.75. The second kappa shape index (κ2) is 9.59. The standard InChI is InChI=1S/C8H14O5S.Ca.2H/c1-3-5-6-7-14(10,11)13-12-8(9)4-2;;;/h4H,2-3,5-7H2,1H3;;;/q;+2;2*-1. The first-order valence-corrected chi connectivity index (χ1v) is 5.84. The van der Waals surface area contributed by atoms with E-state index in [1.807, 2.05) is 6.92 Å². The topological polar surface area (TPSA) is 69.7 Å². The number of carbonyl (C=O) groups excluding carboxylic acids is 1. The number of rotatable bonds is 7. The SMILES string of the molecule is C=CC(=O)OOS(=O)(=O)CCCCC.[Ca+2].[H-].[H-]. The fourth-order valence-corrected chi connectivity index (χ4v) is 1.48. The molecule has 15 heavy (non-hydrogen) atoms. The van der Waals surface area contributed by atoms with Crippen LogP contribution in [0.2, 0.25) is 0 Å². The van der Waals surface area contributed by atoms with Gasteiger partial charge < -0.3 is 2.85 Å². The molecule has 0 aromatic rings. The fourth-order valence-electron chi connectivity index (χ4n) is 0.682. The zero-order valence-electron chi connectivity index (χ0n) is 10.8. The molecule has 0 aromatic heterocycles. The smallest absolute Gasteiger partial charge is 1.00 e. The molecule has 0 aliphatic heterocycles. The molecule has 0 amide bonds. The van der Waals surface area contributed by atoms with Gasteiger partial charge in [0.05, 0.1) is 5.75 Å². The maximum Gasteiger partial charge on any atom is 2.00 e. The molecule has 0 rings (SSSR count). The molecule has 0 saturated heterocycles. The van der Waals surface area contributed by atoms with Gasteiger partial charge in [0.2, 0.25) is 0 Å². The Hall–Kier alpha value is 0.380. The molecule has 86 valence electrons. The van der Waals surface area contributed by atoms with Crippen LogP contribution in [0.4, 0.5) is 0 Å². The van der Waals surface area contributed by atoms with Crippen LogP contribution in [0.3, 0.4) is 0 Å². The summed E-state index contributed by atoms with van der Waals surface area (Å²) in [6.07, 6.45) is 3.01. The molecule has 0 N–H and O–H groups in total. The fraction of sp³-hybridized carbons (Fsp3) is 0.625. The summed E-state index contributed by atoms with van der Waals surface area (Å²) in [5, 5.41) is 0. The van der Waals surface area contributed by atoms with Crippen molar-refractivity contribution in [2.75, 3.05) is 5.75 Å². The summed E-state index contributed by atoms with van der Waals surface area (Å²) in [5.74, 6) is -1.07. The van der Waals surface area contributed by atoms with Crippen molar-refractivity contribution in [1.82, 2.24) is 0 Å². The third kappa shape index (κ3) is 10.7. The number of hydrogen-bond acceptors (Lipinski definition) is 5. The van der Waals surface area contributed by atoms with Gasteiger partial charge in [-0.2, -0.15) is 8.42 Å². The summed E-state index contributed by atoms with van der Waals surface area (Å²) >= 11 is 0. The number of hydrogen-bond donors (Lipinski definition) is 0. The zero-order valence-corrected chi connectivity index (χ0v) is 11.8. The molecule has 0 unspecified atom stereocenters. The monoisotopic (exact) mass is 264 g/mol. The maximum absolute atomic E-state index is 11.0. The molecule has 0 fully saturated rings. The van der Waals surface area contributed by atoms with Crippen molar-refractivity contribution in [2.45, 2.75) is 26.2 Å². The third-order valence-corrected chi connectivity index (χ3v) is 2.45. The molecule has 0 aliphatic rings. The Labute approximate surface area is 123 Å². The molecular weight excluding hydrogens is 248 g/mol. The van der Waals surface area contributed by atoms with Crippen LogP contribution in [0.25, 0.3) is 0 Å². The van der Waals surface area contributed by atoms with E-state index in [4.69, 9.17) is 0 Å². The van der Waals surface area contributed by atoms with Crippen LogP contribution in [0.1, 0.15) is 29.0 Å². The summed E-state index contributed by atoms with van der Waals surface area (Å²) in [6.45, 7) is 5.04. The van der Waals surface area contributed by atoms with Crippen LogP contribution >= 0.6 is 0 Å². The Morgan fingerprint density at radius 3 is 2.53 bits per heavy atom. The molecule has 0 radical (unpaired) electrons. The Bertz CT molecular complexity index is 294. The van der Waals surface area contributed by atoms with E-state index in [1.165, 1.54) is 0 Å². The molecule has 0 aliphatic carbocycles. The first-order valence-electron chi connectivity index (χ1n) is 4.27. The Balaban J connectivity index is -0.000000282. The molecule has 0 aromatic carbocycles. The van der Waals surface area contributed by atoms with Crippen molar-refractivity contribution in [1.29, 1.82) is 0 Å². The number of carbonyl (C=O) groups is 1. The maximum atomic E-state index is 11.0. The van der Waals surface area contributed by atoms with Gasteiger partial charge in [0.15, 0.2) is 0 Å². The predicted octanol–water partition coefficient (Wildman–Crippen LogP) is 1.01. The minimum Gasteiger partial charge on any atom is -1.00 e. The van der Waals surface area contributed by atoms with E-state index in [9.17, 15) is 13.2 Å². The van der Waals surface area contributed by atoms with Crippen molar-refractivity contribution < 1.29 is 25.3 Å². The van der Waals surface area contributed by atoms with Crippen LogP contribution in [-0.4, -0.2) is 57.9 Å². The summed E-state index contributed by atoms with van der Waals surface area (Å²) < 4.78 is 26.0. The Morgan fingerprint density at radius 1 is 1.47 bits per heavy atom. The van der Waals surface area contributed by atoms with Gasteiger partial charge in [0.25, 0.3) is 0 Å².